The Labute approximate surface area is 144 Å². The highest BCUT2D eigenvalue weighted by Gasteiger charge is 2.34. The van der Waals surface area contributed by atoms with E-state index in [1.54, 1.807) is 17.0 Å². The zero-order chi connectivity index (χ0) is 16.3. The Morgan fingerprint density at radius 3 is 2.77 bits per heavy atom. The number of hydrogen-bond acceptors (Lipinski definition) is 3. The van der Waals surface area contributed by atoms with Gasteiger partial charge in [0.25, 0.3) is 0 Å². The molecule has 0 bridgehead atoms. The summed E-state index contributed by atoms with van der Waals surface area (Å²) in [6.07, 6.45) is 0. The minimum Gasteiger partial charge on any atom is -0.354 e. The van der Waals surface area contributed by atoms with Crippen LogP contribution in [-0.2, 0) is 9.59 Å². The topological polar surface area (TPSA) is 49.4 Å². The standard InChI is InChI=1S/C15H18Cl2N2O2S/c1-9(2)6-18-13(20)7-19-14(21)8-22-15(19)10-3-4-11(16)12(17)5-10/h3-5,9,15H,6-8H2,1-2H3,(H,18,20)/t15-/m0/s1. The van der Waals surface area contributed by atoms with E-state index >= 15 is 0 Å². The third kappa shape index (κ3) is 4.31. The molecule has 1 saturated heterocycles. The molecule has 1 fully saturated rings. The van der Waals surface area contributed by atoms with E-state index in [0.717, 1.165) is 5.56 Å². The summed E-state index contributed by atoms with van der Waals surface area (Å²) < 4.78 is 0. The molecule has 1 aliphatic heterocycles. The van der Waals surface area contributed by atoms with Crippen LogP contribution in [-0.4, -0.2) is 35.6 Å². The summed E-state index contributed by atoms with van der Waals surface area (Å²) in [4.78, 5) is 25.6. The van der Waals surface area contributed by atoms with Gasteiger partial charge in [-0.15, -0.1) is 11.8 Å². The van der Waals surface area contributed by atoms with Gasteiger partial charge in [-0.1, -0.05) is 43.1 Å². The zero-order valence-corrected chi connectivity index (χ0v) is 14.8. The molecule has 22 heavy (non-hydrogen) atoms. The number of hydrogen-bond donors (Lipinski definition) is 1. The molecule has 2 amide bonds. The van der Waals surface area contributed by atoms with Gasteiger partial charge in [-0.3, -0.25) is 9.59 Å². The number of thioether (sulfide) groups is 1. The molecule has 0 radical (unpaired) electrons. The number of benzene rings is 1. The average Bonchev–Trinajstić information content (AvgIpc) is 2.81. The summed E-state index contributed by atoms with van der Waals surface area (Å²) in [5.41, 5.74) is 0.877. The lowest BCUT2D eigenvalue weighted by Gasteiger charge is -2.24. The Balaban J connectivity index is 2.09. The van der Waals surface area contributed by atoms with E-state index < -0.39 is 0 Å². The van der Waals surface area contributed by atoms with Gasteiger partial charge >= 0.3 is 0 Å². The second-order valence-electron chi connectivity index (χ2n) is 5.56. The first-order valence-corrected chi connectivity index (χ1v) is 8.81. The van der Waals surface area contributed by atoms with E-state index in [1.807, 2.05) is 19.9 Å². The lowest BCUT2D eigenvalue weighted by molar-refractivity contribution is -0.133. The minimum atomic E-state index is -0.202. The fourth-order valence-corrected chi connectivity index (χ4v) is 3.58. The summed E-state index contributed by atoms with van der Waals surface area (Å²) in [5, 5.41) is 3.55. The summed E-state index contributed by atoms with van der Waals surface area (Å²) in [6, 6.07) is 5.29. The lowest BCUT2D eigenvalue weighted by Crippen LogP contribution is -2.40. The van der Waals surface area contributed by atoms with Crippen LogP contribution in [0.25, 0.3) is 0 Å². The van der Waals surface area contributed by atoms with E-state index in [1.165, 1.54) is 11.8 Å². The third-order valence-electron chi connectivity index (χ3n) is 3.22. The minimum absolute atomic E-state index is 0.0410. The SMILES string of the molecule is CC(C)CNC(=O)CN1C(=O)CS[C@H]1c1ccc(Cl)c(Cl)c1. The van der Waals surface area contributed by atoms with Crippen molar-refractivity contribution in [3.05, 3.63) is 33.8 Å². The van der Waals surface area contributed by atoms with Crippen LogP contribution in [0.1, 0.15) is 24.8 Å². The number of nitrogens with zero attached hydrogens (tertiary/aromatic N) is 1. The van der Waals surface area contributed by atoms with Gasteiger partial charge in [-0.05, 0) is 23.6 Å². The summed E-state index contributed by atoms with van der Waals surface area (Å²) >= 11 is 13.5. The van der Waals surface area contributed by atoms with Gasteiger partial charge in [0.05, 0.1) is 15.8 Å². The molecule has 0 aliphatic carbocycles. The fourth-order valence-electron chi connectivity index (χ4n) is 2.10. The van der Waals surface area contributed by atoms with Crippen LogP contribution >= 0.6 is 35.0 Å². The molecule has 1 aliphatic rings. The molecule has 1 heterocycles. The molecule has 1 aromatic carbocycles. The van der Waals surface area contributed by atoms with Gasteiger partial charge in [0, 0.05) is 6.54 Å². The molecule has 1 N–H and O–H groups in total. The van der Waals surface area contributed by atoms with Crippen LogP contribution < -0.4 is 5.32 Å². The van der Waals surface area contributed by atoms with E-state index in [4.69, 9.17) is 23.2 Å². The molecular weight excluding hydrogens is 343 g/mol. The van der Waals surface area contributed by atoms with Crippen LogP contribution in [0.2, 0.25) is 10.0 Å². The van der Waals surface area contributed by atoms with Crippen molar-refractivity contribution >= 4 is 46.8 Å². The largest absolute Gasteiger partial charge is 0.354 e. The van der Waals surface area contributed by atoms with Crippen molar-refractivity contribution < 1.29 is 9.59 Å². The van der Waals surface area contributed by atoms with E-state index in [-0.39, 0.29) is 23.7 Å². The van der Waals surface area contributed by atoms with Crippen LogP contribution in [0.4, 0.5) is 0 Å². The van der Waals surface area contributed by atoms with Crippen LogP contribution in [0.5, 0.6) is 0 Å². The van der Waals surface area contributed by atoms with Crippen molar-refractivity contribution in [1.82, 2.24) is 10.2 Å². The Morgan fingerprint density at radius 2 is 2.14 bits per heavy atom. The molecule has 0 saturated carbocycles. The molecular formula is C15H18Cl2N2O2S. The van der Waals surface area contributed by atoms with Crippen LogP contribution in [0.15, 0.2) is 18.2 Å². The predicted octanol–water partition coefficient (Wildman–Crippen LogP) is 3.34. The molecule has 1 atom stereocenters. The molecule has 1 aromatic rings. The lowest BCUT2D eigenvalue weighted by atomic mass is 10.2. The van der Waals surface area contributed by atoms with E-state index in [9.17, 15) is 9.59 Å². The summed E-state index contributed by atoms with van der Waals surface area (Å²) in [7, 11) is 0. The van der Waals surface area contributed by atoms with E-state index in [0.29, 0.717) is 28.3 Å². The predicted molar refractivity (Wildman–Crippen MR) is 91.2 cm³/mol. The molecule has 0 spiro atoms. The number of carbonyl (C=O) groups excluding carboxylic acids is 2. The molecule has 2 rings (SSSR count). The van der Waals surface area contributed by atoms with Crippen molar-refractivity contribution in [2.45, 2.75) is 19.2 Å². The number of rotatable bonds is 5. The van der Waals surface area contributed by atoms with Crippen molar-refractivity contribution in [3.8, 4) is 0 Å². The van der Waals surface area contributed by atoms with Crippen molar-refractivity contribution in [3.63, 3.8) is 0 Å². The van der Waals surface area contributed by atoms with Crippen molar-refractivity contribution in [2.24, 2.45) is 5.92 Å². The van der Waals surface area contributed by atoms with E-state index in [2.05, 4.69) is 5.32 Å². The molecule has 0 unspecified atom stereocenters. The highest BCUT2D eigenvalue weighted by Crippen LogP contribution is 2.40. The maximum Gasteiger partial charge on any atom is 0.239 e. The molecule has 0 aromatic heterocycles. The van der Waals surface area contributed by atoms with Crippen molar-refractivity contribution in [2.75, 3.05) is 18.8 Å². The first-order chi connectivity index (χ1) is 10.4. The normalized spacial score (nSPS) is 18.1. The summed E-state index contributed by atoms with van der Waals surface area (Å²) in [6.45, 7) is 4.71. The highest BCUT2D eigenvalue weighted by molar-refractivity contribution is 8.00. The quantitative estimate of drug-likeness (QED) is 0.875. The highest BCUT2D eigenvalue weighted by atomic mass is 35.5. The molecule has 120 valence electrons. The summed E-state index contributed by atoms with van der Waals surface area (Å²) in [5.74, 6) is 0.552. The van der Waals surface area contributed by atoms with Gasteiger partial charge in [-0.25, -0.2) is 0 Å². The smallest absolute Gasteiger partial charge is 0.239 e. The number of halogens is 2. The third-order valence-corrected chi connectivity index (χ3v) is 5.21. The van der Waals surface area contributed by atoms with Gasteiger partial charge in [0.15, 0.2) is 0 Å². The average molecular weight is 361 g/mol. The van der Waals surface area contributed by atoms with Crippen molar-refractivity contribution in [1.29, 1.82) is 0 Å². The van der Waals surface area contributed by atoms with Crippen LogP contribution in [0, 0.1) is 5.92 Å². The second-order valence-corrected chi connectivity index (χ2v) is 7.44. The maximum atomic E-state index is 12.0. The van der Waals surface area contributed by atoms with Crippen LogP contribution in [0.3, 0.4) is 0 Å². The Kier molecular flexibility index (Phi) is 6.01. The Morgan fingerprint density at radius 1 is 1.41 bits per heavy atom. The van der Waals surface area contributed by atoms with Gasteiger partial charge < -0.3 is 10.2 Å². The van der Waals surface area contributed by atoms with Gasteiger partial charge in [0.2, 0.25) is 11.8 Å². The maximum absolute atomic E-state index is 12.0. The fraction of sp³-hybridized carbons (Fsp3) is 0.467. The number of carbonyl (C=O) groups is 2. The molecule has 7 heteroatoms. The molecule has 4 nitrogen and oxygen atoms in total. The van der Waals surface area contributed by atoms with Gasteiger partial charge in [0.1, 0.15) is 11.9 Å². The first-order valence-electron chi connectivity index (χ1n) is 7.01. The Bertz CT molecular complexity index is 581. The van der Waals surface area contributed by atoms with Gasteiger partial charge in [-0.2, -0.15) is 0 Å². The zero-order valence-electron chi connectivity index (χ0n) is 12.4. The Hall–Kier alpha value is -0.910. The number of amides is 2. The first kappa shape index (κ1) is 17.4. The number of nitrogens with one attached hydrogen (secondary N) is 1. The monoisotopic (exact) mass is 360 g/mol. The second kappa shape index (κ2) is 7.57.